The van der Waals surface area contributed by atoms with Gasteiger partial charge in [-0.05, 0) is 37.1 Å². The topological polar surface area (TPSA) is 53.8 Å². The van der Waals surface area contributed by atoms with Gasteiger partial charge in [-0.3, -0.25) is 9.59 Å². The number of benzene rings is 1. The van der Waals surface area contributed by atoms with Gasteiger partial charge in [-0.2, -0.15) is 0 Å². The molecule has 2 fully saturated rings. The number of nitrogens with zero attached hydrogens (tertiary/aromatic N) is 2. The highest BCUT2D eigenvalue weighted by atomic mass is 32.2. The molecule has 5 nitrogen and oxygen atoms in total. The summed E-state index contributed by atoms with van der Waals surface area (Å²) < 4.78 is 5.43. The van der Waals surface area contributed by atoms with Gasteiger partial charge in [0, 0.05) is 18.7 Å². The third-order valence-corrected chi connectivity index (χ3v) is 6.56. The zero-order valence-corrected chi connectivity index (χ0v) is 14.7. The molecule has 1 spiro atoms. The van der Waals surface area contributed by atoms with E-state index in [1.807, 2.05) is 52.3 Å². The average molecular weight is 356 g/mol. The predicted octanol–water partition coefficient (Wildman–Crippen LogP) is 2.99. The molecule has 0 unspecified atom stereocenters. The molecule has 6 heteroatoms. The second kappa shape index (κ2) is 6.59. The van der Waals surface area contributed by atoms with Crippen LogP contribution < -0.4 is 0 Å². The lowest BCUT2D eigenvalue weighted by Gasteiger charge is -2.43. The molecule has 3 heterocycles. The fourth-order valence-corrected chi connectivity index (χ4v) is 4.95. The average Bonchev–Trinajstić information content (AvgIpc) is 3.27. The van der Waals surface area contributed by atoms with Gasteiger partial charge in [-0.1, -0.05) is 18.2 Å². The largest absolute Gasteiger partial charge is 0.467 e. The number of hydrogen-bond donors (Lipinski definition) is 0. The molecule has 0 N–H and O–H groups in total. The highest BCUT2D eigenvalue weighted by molar-refractivity contribution is 8.01. The maximum atomic E-state index is 12.6. The molecular formula is C19H20N2O3S. The number of furan rings is 1. The Morgan fingerprint density at radius 2 is 1.88 bits per heavy atom. The molecule has 0 radical (unpaired) electrons. The van der Waals surface area contributed by atoms with E-state index in [4.69, 9.17) is 4.42 Å². The van der Waals surface area contributed by atoms with E-state index in [9.17, 15) is 9.59 Å². The van der Waals surface area contributed by atoms with Gasteiger partial charge in [-0.25, -0.2) is 0 Å². The van der Waals surface area contributed by atoms with Gasteiger partial charge >= 0.3 is 0 Å². The SMILES string of the molecule is O=C(c1ccccc1)N1CCC2(CC1)SCC(=O)N2Cc1ccco1. The summed E-state index contributed by atoms with van der Waals surface area (Å²) in [5, 5.41) is 0. The van der Waals surface area contributed by atoms with E-state index < -0.39 is 0 Å². The lowest BCUT2D eigenvalue weighted by Crippen LogP contribution is -2.52. The van der Waals surface area contributed by atoms with E-state index in [1.54, 1.807) is 18.0 Å². The third-order valence-electron chi connectivity index (χ3n) is 5.00. The van der Waals surface area contributed by atoms with Crippen LogP contribution in [0.1, 0.15) is 29.0 Å². The quantitative estimate of drug-likeness (QED) is 0.848. The van der Waals surface area contributed by atoms with E-state index in [1.165, 1.54) is 0 Å². The first-order valence-corrected chi connectivity index (χ1v) is 9.48. The number of hydrogen-bond acceptors (Lipinski definition) is 4. The number of amides is 2. The Morgan fingerprint density at radius 3 is 2.56 bits per heavy atom. The molecule has 0 saturated carbocycles. The van der Waals surface area contributed by atoms with Crippen molar-refractivity contribution in [1.82, 2.24) is 9.80 Å². The number of carbonyl (C=O) groups is 2. The van der Waals surface area contributed by atoms with Crippen molar-refractivity contribution in [2.45, 2.75) is 24.3 Å². The van der Waals surface area contributed by atoms with Crippen molar-refractivity contribution in [1.29, 1.82) is 0 Å². The number of likely N-dealkylation sites (tertiary alicyclic amines) is 1. The van der Waals surface area contributed by atoms with Crippen LogP contribution in [0.3, 0.4) is 0 Å². The fourth-order valence-electron chi connectivity index (χ4n) is 3.61. The van der Waals surface area contributed by atoms with Gasteiger partial charge in [0.1, 0.15) is 5.76 Å². The first-order chi connectivity index (χ1) is 12.2. The minimum Gasteiger partial charge on any atom is -0.467 e. The Bertz CT molecular complexity index is 752. The second-order valence-electron chi connectivity index (χ2n) is 6.45. The van der Waals surface area contributed by atoms with Gasteiger partial charge in [-0.15, -0.1) is 11.8 Å². The van der Waals surface area contributed by atoms with E-state index in [2.05, 4.69) is 0 Å². The van der Waals surface area contributed by atoms with E-state index in [0.717, 1.165) is 24.2 Å². The Kier molecular flexibility index (Phi) is 4.29. The molecule has 4 rings (SSSR count). The molecule has 2 aromatic rings. The highest BCUT2D eigenvalue weighted by Gasteiger charge is 2.48. The van der Waals surface area contributed by atoms with Crippen LogP contribution in [0.25, 0.3) is 0 Å². The van der Waals surface area contributed by atoms with Crippen molar-refractivity contribution >= 4 is 23.6 Å². The Hall–Kier alpha value is -2.21. The molecule has 0 bridgehead atoms. The molecule has 2 aliphatic heterocycles. The maximum absolute atomic E-state index is 12.6. The Morgan fingerprint density at radius 1 is 1.12 bits per heavy atom. The van der Waals surface area contributed by atoms with Gasteiger partial charge in [0.25, 0.3) is 5.91 Å². The molecule has 1 aromatic heterocycles. The Labute approximate surface area is 151 Å². The summed E-state index contributed by atoms with van der Waals surface area (Å²) in [6, 6.07) is 13.1. The van der Waals surface area contributed by atoms with Crippen molar-refractivity contribution in [2.75, 3.05) is 18.8 Å². The monoisotopic (exact) mass is 356 g/mol. The zero-order chi connectivity index (χ0) is 17.3. The van der Waals surface area contributed by atoms with Crippen LogP contribution in [-0.4, -0.2) is 45.3 Å². The number of thioether (sulfide) groups is 1. The van der Waals surface area contributed by atoms with Crippen molar-refractivity contribution in [3.8, 4) is 0 Å². The van der Waals surface area contributed by atoms with Crippen LogP contribution in [0, 0.1) is 0 Å². The summed E-state index contributed by atoms with van der Waals surface area (Å²) in [5.41, 5.74) is 0.723. The maximum Gasteiger partial charge on any atom is 0.253 e. The molecule has 2 amide bonds. The predicted molar refractivity (Wildman–Crippen MR) is 96.0 cm³/mol. The molecular weight excluding hydrogens is 336 g/mol. The minimum absolute atomic E-state index is 0.0716. The highest BCUT2D eigenvalue weighted by Crippen LogP contribution is 2.45. The van der Waals surface area contributed by atoms with Crippen LogP contribution in [0.5, 0.6) is 0 Å². The van der Waals surface area contributed by atoms with Crippen molar-refractivity contribution in [3.63, 3.8) is 0 Å². The summed E-state index contributed by atoms with van der Waals surface area (Å²) in [7, 11) is 0. The molecule has 0 atom stereocenters. The van der Waals surface area contributed by atoms with Crippen LogP contribution in [0.15, 0.2) is 53.1 Å². The van der Waals surface area contributed by atoms with Crippen molar-refractivity contribution in [2.24, 2.45) is 0 Å². The minimum atomic E-state index is -0.211. The van der Waals surface area contributed by atoms with Crippen LogP contribution in [-0.2, 0) is 11.3 Å². The zero-order valence-electron chi connectivity index (χ0n) is 13.9. The van der Waals surface area contributed by atoms with Crippen molar-refractivity contribution < 1.29 is 14.0 Å². The molecule has 0 aliphatic carbocycles. The number of rotatable bonds is 3. The summed E-state index contributed by atoms with van der Waals surface area (Å²) in [5.74, 6) is 1.54. The van der Waals surface area contributed by atoms with E-state index in [-0.39, 0.29) is 16.7 Å². The van der Waals surface area contributed by atoms with Gasteiger partial charge in [0.2, 0.25) is 5.91 Å². The normalized spacial score (nSPS) is 19.6. The molecule has 1 aromatic carbocycles. The summed E-state index contributed by atoms with van der Waals surface area (Å²) in [6.45, 7) is 1.84. The first kappa shape index (κ1) is 16.3. The standard InChI is InChI=1S/C19H20N2O3S/c22-17-14-25-19(21(17)13-16-7-4-12-24-16)8-10-20(11-9-19)18(23)15-5-2-1-3-6-15/h1-7,12H,8-11,13-14H2. The van der Waals surface area contributed by atoms with Crippen LogP contribution >= 0.6 is 11.8 Å². The van der Waals surface area contributed by atoms with Crippen LogP contribution in [0.2, 0.25) is 0 Å². The molecule has 25 heavy (non-hydrogen) atoms. The molecule has 2 aliphatic rings. The Balaban J connectivity index is 1.46. The summed E-state index contributed by atoms with van der Waals surface area (Å²) in [6.07, 6.45) is 3.22. The van der Waals surface area contributed by atoms with Gasteiger partial charge < -0.3 is 14.2 Å². The van der Waals surface area contributed by atoms with Crippen LogP contribution in [0.4, 0.5) is 0 Å². The molecule has 2 saturated heterocycles. The molecule has 130 valence electrons. The lowest BCUT2D eigenvalue weighted by atomic mass is 10.0. The first-order valence-electron chi connectivity index (χ1n) is 8.49. The van der Waals surface area contributed by atoms with Gasteiger partial charge in [0.05, 0.1) is 23.4 Å². The smallest absolute Gasteiger partial charge is 0.253 e. The number of piperidine rings is 1. The van der Waals surface area contributed by atoms with E-state index >= 15 is 0 Å². The van der Waals surface area contributed by atoms with E-state index in [0.29, 0.717) is 25.4 Å². The third kappa shape index (κ3) is 3.06. The second-order valence-corrected chi connectivity index (χ2v) is 7.79. The summed E-state index contributed by atoms with van der Waals surface area (Å²) in [4.78, 5) is 28.7. The summed E-state index contributed by atoms with van der Waals surface area (Å²) >= 11 is 1.71. The fraction of sp³-hybridized carbons (Fsp3) is 0.368. The van der Waals surface area contributed by atoms with Gasteiger partial charge in [0.15, 0.2) is 0 Å². The lowest BCUT2D eigenvalue weighted by molar-refractivity contribution is -0.132. The number of carbonyl (C=O) groups excluding carboxylic acids is 2. The van der Waals surface area contributed by atoms with Crippen molar-refractivity contribution in [3.05, 3.63) is 60.1 Å².